The second-order valence-corrected chi connectivity index (χ2v) is 5.39. The summed E-state index contributed by atoms with van der Waals surface area (Å²) in [5, 5.41) is 0. The number of fused-ring (bicyclic) bond motifs is 1. The van der Waals surface area contributed by atoms with E-state index in [0.29, 0.717) is 30.0 Å². The summed E-state index contributed by atoms with van der Waals surface area (Å²) in [4.78, 5) is 14.7. The average Bonchev–Trinajstić information content (AvgIpc) is 2.56. The van der Waals surface area contributed by atoms with Gasteiger partial charge in [-0.2, -0.15) is 0 Å². The van der Waals surface area contributed by atoms with E-state index in [0.717, 1.165) is 0 Å². The van der Waals surface area contributed by atoms with Crippen LogP contribution in [0.4, 0.5) is 15.8 Å². The van der Waals surface area contributed by atoms with Gasteiger partial charge in [-0.25, -0.2) is 4.39 Å². The minimum absolute atomic E-state index is 0.109. The summed E-state index contributed by atoms with van der Waals surface area (Å²) in [6.45, 7) is 3.89. The highest BCUT2D eigenvalue weighted by Crippen LogP contribution is 2.43. The number of anilines is 2. The lowest BCUT2D eigenvalue weighted by molar-refractivity contribution is -0.135. The minimum Gasteiger partial charge on any atom is -0.475 e. The van der Waals surface area contributed by atoms with Crippen LogP contribution < -0.4 is 9.64 Å². The second kappa shape index (κ2) is 5.44. The maximum Gasteiger partial charge on any atom is 0.275 e. The fourth-order valence-corrected chi connectivity index (χ4v) is 2.84. The zero-order valence-electron chi connectivity index (χ0n) is 12.7. The van der Waals surface area contributed by atoms with Crippen LogP contribution in [0.25, 0.3) is 0 Å². The molecule has 4 heteroatoms. The molecule has 1 aliphatic rings. The van der Waals surface area contributed by atoms with Gasteiger partial charge in [-0.05, 0) is 49.2 Å². The van der Waals surface area contributed by atoms with Crippen molar-refractivity contribution in [3.8, 4) is 5.75 Å². The third-order valence-corrected chi connectivity index (χ3v) is 4.23. The molecule has 1 amide bonds. The molecule has 114 valence electrons. The van der Waals surface area contributed by atoms with Gasteiger partial charge < -0.3 is 4.74 Å². The van der Waals surface area contributed by atoms with Crippen LogP contribution in [0.15, 0.2) is 48.5 Å². The molecule has 1 aliphatic heterocycles. The maximum absolute atomic E-state index is 13.2. The molecule has 3 nitrogen and oxygen atoms in total. The number of nitrogens with zero attached hydrogens (tertiary/aromatic N) is 1. The lowest BCUT2D eigenvalue weighted by atomic mass is 9.92. The van der Waals surface area contributed by atoms with E-state index in [9.17, 15) is 9.18 Å². The lowest BCUT2D eigenvalue weighted by Gasteiger charge is -2.41. The van der Waals surface area contributed by atoms with Crippen molar-refractivity contribution in [3.63, 3.8) is 0 Å². The Kier molecular flexibility index (Phi) is 3.61. The fourth-order valence-electron chi connectivity index (χ4n) is 2.84. The van der Waals surface area contributed by atoms with Gasteiger partial charge in [0, 0.05) is 5.69 Å². The number of hydrogen-bond acceptors (Lipinski definition) is 2. The normalized spacial score (nSPS) is 16.1. The minimum atomic E-state index is -0.872. The number of carbonyl (C=O) groups excluding carboxylic acids is 1. The molecule has 0 fully saturated rings. The second-order valence-electron chi connectivity index (χ2n) is 5.39. The van der Waals surface area contributed by atoms with Crippen molar-refractivity contribution in [2.45, 2.75) is 32.3 Å². The quantitative estimate of drug-likeness (QED) is 0.838. The zero-order chi connectivity index (χ0) is 15.7. The van der Waals surface area contributed by atoms with Crippen molar-refractivity contribution in [3.05, 3.63) is 54.3 Å². The van der Waals surface area contributed by atoms with Crippen molar-refractivity contribution in [1.82, 2.24) is 0 Å². The first-order chi connectivity index (χ1) is 10.6. The molecule has 0 bridgehead atoms. The lowest BCUT2D eigenvalue weighted by Crippen LogP contribution is -2.54. The van der Waals surface area contributed by atoms with Gasteiger partial charge in [-0.1, -0.05) is 26.0 Å². The van der Waals surface area contributed by atoms with E-state index in [4.69, 9.17) is 4.74 Å². The Morgan fingerprint density at radius 2 is 1.68 bits per heavy atom. The van der Waals surface area contributed by atoms with Gasteiger partial charge in [0.1, 0.15) is 11.6 Å². The number of halogens is 1. The first-order valence-electron chi connectivity index (χ1n) is 7.49. The SMILES string of the molecule is CCC1(CC)Oc2ccccc2N(c2ccc(F)cc2)C1=O. The molecule has 0 atom stereocenters. The molecule has 0 N–H and O–H groups in total. The number of ether oxygens (including phenoxy) is 1. The molecule has 0 unspecified atom stereocenters. The predicted octanol–water partition coefficient (Wildman–Crippen LogP) is 4.44. The van der Waals surface area contributed by atoms with Gasteiger partial charge in [-0.15, -0.1) is 0 Å². The highest BCUT2D eigenvalue weighted by atomic mass is 19.1. The topological polar surface area (TPSA) is 29.5 Å². The Morgan fingerprint density at radius 3 is 2.32 bits per heavy atom. The van der Waals surface area contributed by atoms with Crippen LogP contribution in [0.1, 0.15) is 26.7 Å². The monoisotopic (exact) mass is 299 g/mol. The number of amides is 1. The summed E-state index contributed by atoms with van der Waals surface area (Å²) in [7, 11) is 0. The molecule has 2 aromatic carbocycles. The van der Waals surface area contributed by atoms with Crippen LogP contribution in [0.3, 0.4) is 0 Å². The Bertz CT molecular complexity index is 692. The highest BCUT2D eigenvalue weighted by Gasteiger charge is 2.46. The Balaban J connectivity index is 2.17. The number of benzene rings is 2. The van der Waals surface area contributed by atoms with Crippen molar-refractivity contribution < 1.29 is 13.9 Å². The van der Waals surface area contributed by atoms with E-state index in [1.807, 2.05) is 38.1 Å². The standard InChI is InChI=1S/C18H18FNO2/c1-3-18(4-2)17(21)20(14-11-9-13(19)10-12-14)15-7-5-6-8-16(15)22-18/h5-12H,3-4H2,1-2H3. The van der Waals surface area contributed by atoms with Crippen LogP contribution in [0, 0.1) is 5.82 Å². The predicted molar refractivity (Wildman–Crippen MR) is 83.9 cm³/mol. The van der Waals surface area contributed by atoms with E-state index < -0.39 is 5.60 Å². The number of carbonyl (C=O) groups is 1. The fraction of sp³-hybridized carbons (Fsp3) is 0.278. The summed E-state index contributed by atoms with van der Waals surface area (Å²) in [6, 6.07) is 13.4. The largest absolute Gasteiger partial charge is 0.475 e. The summed E-state index contributed by atoms with van der Waals surface area (Å²) in [5.41, 5.74) is 0.466. The van der Waals surface area contributed by atoms with Gasteiger partial charge in [0.15, 0.2) is 5.60 Å². The smallest absolute Gasteiger partial charge is 0.275 e. The van der Waals surface area contributed by atoms with Gasteiger partial charge in [0.2, 0.25) is 0 Å². The van der Waals surface area contributed by atoms with Crippen LogP contribution in [-0.4, -0.2) is 11.5 Å². The van der Waals surface area contributed by atoms with E-state index in [1.54, 1.807) is 17.0 Å². The van der Waals surface area contributed by atoms with E-state index in [1.165, 1.54) is 12.1 Å². The molecule has 22 heavy (non-hydrogen) atoms. The molecule has 2 aromatic rings. The third-order valence-electron chi connectivity index (χ3n) is 4.23. The highest BCUT2D eigenvalue weighted by molar-refractivity contribution is 6.08. The van der Waals surface area contributed by atoms with Crippen LogP contribution in [0.5, 0.6) is 5.75 Å². The molecule has 0 aliphatic carbocycles. The molecule has 1 heterocycles. The van der Waals surface area contributed by atoms with Crippen LogP contribution in [0.2, 0.25) is 0 Å². The first kappa shape index (κ1) is 14.6. The summed E-state index contributed by atoms with van der Waals surface area (Å²) in [5.74, 6) is 0.243. The summed E-state index contributed by atoms with van der Waals surface area (Å²) in [6.07, 6.45) is 1.16. The molecule has 0 spiro atoms. The average molecular weight is 299 g/mol. The molecule has 0 radical (unpaired) electrons. The van der Waals surface area contributed by atoms with E-state index in [-0.39, 0.29) is 11.7 Å². The van der Waals surface area contributed by atoms with Gasteiger partial charge >= 0.3 is 0 Å². The number of rotatable bonds is 3. The molecule has 0 saturated heterocycles. The van der Waals surface area contributed by atoms with Crippen molar-refractivity contribution in [2.24, 2.45) is 0 Å². The zero-order valence-corrected chi connectivity index (χ0v) is 12.7. The van der Waals surface area contributed by atoms with Crippen molar-refractivity contribution in [2.75, 3.05) is 4.90 Å². The Hall–Kier alpha value is -2.36. The first-order valence-corrected chi connectivity index (χ1v) is 7.49. The number of hydrogen-bond donors (Lipinski definition) is 0. The van der Waals surface area contributed by atoms with Gasteiger partial charge in [0.05, 0.1) is 5.69 Å². The van der Waals surface area contributed by atoms with Crippen LogP contribution in [-0.2, 0) is 4.79 Å². The van der Waals surface area contributed by atoms with Crippen molar-refractivity contribution >= 4 is 17.3 Å². The van der Waals surface area contributed by atoms with Gasteiger partial charge in [0.25, 0.3) is 5.91 Å². The molecular formula is C18H18FNO2. The summed E-state index contributed by atoms with van der Waals surface area (Å²) >= 11 is 0. The van der Waals surface area contributed by atoms with Crippen LogP contribution >= 0.6 is 0 Å². The van der Waals surface area contributed by atoms with Gasteiger partial charge in [-0.3, -0.25) is 9.69 Å². The molecule has 0 aromatic heterocycles. The van der Waals surface area contributed by atoms with Crippen molar-refractivity contribution in [1.29, 1.82) is 0 Å². The molecule has 3 rings (SSSR count). The molecular weight excluding hydrogens is 281 g/mol. The maximum atomic E-state index is 13.2. The van der Waals surface area contributed by atoms with E-state index >= 15 is 0 Å². The number of para-hydroxylation sites is 2. The summed E-state index contributed by atoms with van der Waals surface area (Å²) < 4.78 is 19.2. The third kappa shape index (κ3) is 2.15. The Morgan fingerprint density at radius 1 is 1.05 bits per heavy atom. The van der Waals surface area contributed by atoms with E-state index in [2.05, 4.69) is 0 Å². The Labute approximate surface area is 129 Å². The molecule has 0 saturated carbocycles.